The monoisotopic (exact) mass is 304 g/mol. The predicted octanol–water partition coefficient (Wildman–Crippen LogP) is 3.85. The molecule has 1 aromatic carbocycles. The molecule has 0 amide bonds. The molecule has 1 N–H and O–H groups in total. The number of nitrogens with one attached hydrogen (secondary N) is 1. The molecule has 0 fully saturated rings. The molecule has 1 aromatic heterocycles. The van der Waals surface area contributed by atoms with E-state index in [9.17, 15) is 0 Å². The van der Waals surface area contributed by atoms with Gasteiger partial charge in [-0.05, 0) is 36.2 Å². The molecule has 0 saturated carbocycles. The highest BCUT2D eigenvalue weighted by molar-refractivity contribution is 9.10. The molecule has 0 spiro atoms. The lowest BCUT2D eigenvalue weighted by Gasteiger charge is -2.20. The van der Waals surface area contributed by atoms with Gasteiger partial charge in [0.25, 0.3) is 0 Å². The summed E-state index contributed by atoms with van der Waals surface area (Å²) in [6.45, 7) is 5.15. The van der Waals surface area contributed by atoms with Crippen molar-refractivity contribution in [3.05, 3.63) is 63.9 Å². The van der Waals surface area contributed by atoms with E-state index >= 15 is 0 Å². The number of aryl methyl sites for hydroxylation is 1. The Labute approximate surface area is 117 Å². The van der Waals surface area contributed by atoms with Crippen molar-refractivity contribution in [2.75, 3.05) is 6.54 Å². The number of benzene rings is 1. The van der Waals surface area contributed by atoms with Crippen molar-refractivity contribution in [3.63, 3.8) is 0 Å². The highest BCUT2D eigenvalue weighted by atomic mass is 79.9. The molecule has 0 saturated heterocycles. The molecule has 0 bridgehead atoms. The number of rotatable bonds is 4. The van der Waals surface area contributed by atoms with Gasteiger partial charge in [-0.2, -0.15) is 0 Å². The van der Waals surface area contributed by atoms with Gasteiger partial charge in [-0.3, -0.25) is 4.98 Å². The molecule has 1 heterocycles. The Bertz CT molecular complexity index is 511. The fourth-order valence-electron chi connectivity index (χ4n) is 2.05. The number of aromatic nitrogens is 1. The number of pyridine rings is 1. The summed E-state index contributed by atoms with van der Waals surface area (Å²) in [5.74, 6) is 0. The average Bonchev–Trinajstić information content (AvgIpc) is 2.41. The van der Waals surface area contributed by atoms with E-state index in [1.807, 2.05) is 12.3 Å². The largest absolute Gasteiger partial charge is 0.306 e. The van der Waals surface area contributed by atoms with Gasteiger partial charge in [0.1, 0.15) is 0 Å². The Morgan fingerprint density at radius 3 is 2.78 bits per heavy atom. The molecular weight excluding hydrogens is 288 g/mol. The van der Waals surface area contributed by atoms with Crippen LogP contribution in [0.25, 0.3) is 0 Å². The molecule has 2 nitrogen and oxygen atoms in total. The zero-order valence-electron chi connectivity index (χ0n) is 10.7. The molecule has 18 heavy (non-hydrogen) atoms. The van der Waals surface area contributed by atoms with E-state index in [0.29, 0.717) is 0 Å². The van der Waals surface area contributed by atoms with E-state index in [1.54, 1.807) is 6.20 Å². The Morgan fingerprint density at radius 2 is 2.11 bits per heavy atom. The second-order valence-corrected chi connectivity index (χ2v) is 5.05. The molecule has 0 aliphatic rings. The first-order chi connectivity index (χ1) is 8.74. The van der Waals surface area contributed by atoms with E-state index in [2.05, 4.69) is 64.3 Å². The molecule has 0 radical (unpaired) electrons. The maximum Gasteiger partial charge on any atom is 0.0603 e. The second kappa shape index (κ2) is 6.12. The minimum atomic E-state index is 0.179. The van der Waals surface area contributed by atoms with Gasteiger partial charge >= 0.3 is 0 Å². The number of hydrogen-bond donors (Lipinski definition) is 1. The van der Waals surface area contributed by atoms with E-state index in [4.69, 9.17) is 0 Å². The van der Waals surface area contributed by atoms with Crippen molar-refractivity contribution in [2.45, 2.75) is 19.9 Å². The third-order valence-electron chi connectivity index (χ3n) is 2.96. The zero-order chi connectivity index (χ0) is 13.0. The van der Waals surface area contributed by atoms with Gasteiger partial charge in [-0.15, -0.1) is 0 Å². The van der Waals surface area contributed by atoms with Gasteiger partial charge < -0.3 is 5.32 Å². The first-order valence-corrected chi connectivity index (χ1v) is 6.91. The van der Waals surface area contributed by atoms with Gasteiger partial charge in [-0.25, -0.2) is 0 Å². The summed E-state index contributed by atoms with van der Waals surface area (Å²) in [5, 5.41) is 3.51. The maximum absolute atomic E-state index is 4.21. The lowest BCUT2D eigenvalue weighted by molar-refractivity contribution is 0.626. The van der Waals surface area contributed by atoms with Gasteiger partial charge in [0, 0.05) is 16.9 Å². The third-order valence-corrected chi connectivity index (χ3v) is 4.04. The van der Waals surface area contributed by atoms with E-state index in [0.717, 1.165) is 6.54 Å². The normalized spacial score (nSPS) is 12.4. The minimum absolute atomic E-state index is 0.179. The van der Waals surface area contributed by atoms with Crippen molar-refractivity contribution in [1.82, 2.24) is 10.3 Å². The number of hydrogen-bond acceptors (Lipinski definition) is 2. The van der Waals surface area contributed by atoms with E-state index in [1.165, 1.54) is 21.2 Å². The quantitative estimate of drug-likeness (QED) is 0.928. The molecule has 94 valence electrons. The fraction of sp³-hybridized carbons (Fsp3) is 0.267. The summed E-state index contributed by atoms with van der Waals surface area (Å²) in [6, 6.07) is 10.6. The number of halogens is 1. The SMILES string of the molecule is CCNC(c1cccnc1)c1cccc(C)c1Br. The molecular formula is C15H17BrN2. The average molecular weight is 305 g/mol. The third kappa shape index (κ3) is 2.79. The van der Waals surface area contributed by atoms with Crippen LogP contribution in [0.4, 0.5) is 0 Å². The Balaban J connectivity index is 2.45. The van der Waals surface area contributed by atoms with Crippen molar-refractivity contribution in [2.24, 2.45) is 0 Å². The lowest BCUT2D eigenvalue weighted by Crippen LogP contribution is -2.22. The first kappa shape index (κ1) is 13.2. The van der Waals surface area contributed by atoms with Gasteiger partial charge in [0.05, 0.1) is 6.04 Å². The summed E-state index contributed by atoms with van der Waals surface area (Å²) in [6.07, 6.45) is 3.72. The maximum atomic E-state index is 4.21. The number of nitrogens with zero attached hydrogens (tertiary/aromatic N) is 1. The van der Waals surface area contributed by atoms with Gasteiger partial charge in [0.2, 0.25) is 0 Å². The molecule has 0 aliphatic carbocycles. The highest BCUT2D eigenvalue weighted by Gasteiger charge is 2.16. The first-order valence-electron chi connectivity index (χ1n) is 6.12. The van der Waals surface area contributed by atoms with Crippen LogP contribution < -0.4 is 5.32 Å². The zero-order valence-corrected chi connectivity index (χ0v) is 12.2. The highest BCUT2D eigenvalue weighted by Crippen LogP contribution is 2.30. The van der Waals surface area contributed by atoms with Crippen molar-refractivity contribution < 1.29 is 0 Å². The van der Waals surface area contributed by atoms with Crippen LogP contribution in [0.5, 0.6) is 0 Å². The van der Waals surface area contributed by atoms with Gasteiger partial charge in [0.15, 0.2) is 0 Å². The van der Waals surface area contributed by atoms with Crippen LogP contribution in [-0.4, -0.2) is 11.5 Å². The van der Waals surface area contributed by atoms with Crippen LogP contribution in [0.15, 0.2) is 47.2 Å². The van der Waals surface area contributed by atoms with Crippen molar-refractivity contribution in [3.8, 4) is 0 Å². The fourth-order valence-corrected chi connectivity index (χ4v) is 2.54. The Hall–Kier alpha value is -1.19. The van der Waals surface area contributed by atoms with Crippen LogP contribution in [0.3, 0.4) is 0 Å². The second-order valence-electron chi connectivity index (χ2n) is 4.26. The van der Waals surface area contributed by atoms with E-state index in [-0.39, 0.29) is 6.04 Å². The topological polar surface area (TPSA) is 24.9 Å². The summed E-state index contributed by atoms with van der Waals surface area (Å²) >= 11 is 3.69. The molecule has 1 unspecified atom stereocenters. The smallest absolute Gasteiger partial charge is 0.0603 e. The van der Waals surface area contributed by atoms with Crippen LogP contribution in [0, 0.1) is 6.92 Å². The molecule has 3 heteroatoms. The van der Waals surface area contributed by atoms with Crippen LogP contribution in [0.1, 0.15) is 29.7 Å². The standard InChI is InChI=1S/C15H17BrN2/c1-3-18-15(12-7-5-9-17-10-12)13-8-4-6-11(2)14(13)16/h4-10,15,18H,3H2,1-2H3. The van der Waals surface area contributed by atoms with E-state index < -0.39 is 0 Å². The Kier molecular flexibility index (Phi) is 4.50. The molecule has 2 aromatic rings. The van der Waals surface area contributed by atoms with Crippen LogP contribution in [-0.2, 0) is 0 Å². The van der Waals surface area contributed by atoms with Gasteiger partial charge in [-0.1, -0.05) is 47.1 Å². The van der Waals surface area contributed by atoms with Crippen LogP contribution >= 0.6 is 15.9 Å². The summed E-state index contributed by atoms with van der Waals surface area (Å²) < 4.78 is 1.17. The molecule has 1 atom stereocenters. The lowest BCUT2D eigenvalue weighted by atomic mass is 9.98. The summed E-state index contributed by atoms with van der Waals surface area (Å²) in [5.41, 5.74) is 3.69. The van der Waals surface area contributed by atoms with Crippen molar-refractivity contribution >= 4 is 15.9 Å². The molecule has 2 rings (SSSR count). The summed E-state index contributed by atoms with van der Waals surface area (Å²) in [4.78, 5) is 4.21. The summed E-state index contributed by atoms with van der Waals surface area (Å²) in [7, 11) is 0. The van der Waals surface area contributed by atoms with Crippen molar-refractivity contribution in [1.29, 1.82) is 0 Å². The minimum Gasteiger partial charge on any atom is -0.306 e. The van der Waals surface area contributed by atoms with Crippen LogP contribution in [0.2, 0.25) is 0 Å². The Morgan fingerprint density at radius 1 is 1.28 bits per heavy atom. The molecule has 0 aliphatic heterocycles. The predicted molar refractivity (Wildman–Crippen MR) is 78.6 cm³/mol.